The zero-order chi connectivity index (χ0) is 14.8. The predicted molar refractivity (Wildman–Crippen MR) is 72.9 cm³/mol. The lowest BCUT2D eigenvalue weighted by molar-refractivity contribution is -0.138. The van der Waals surface area contributed by atoms with E-state index in [2.05, 4.69) is 10.2 Å². The molecule has 1 N–H and O–H groups in total. The second-order valence-electron chi connectivity index (χ2n) is 3.78. The van der Waals surface area contributed by atoms with Crippen LogP contribution in [0.2, 0.25) is 0 Å². The third-order valence-electron chi connectivity index (χ3n) is 2.24. The van der Waals surface area contributed by atoms with E-state index in [0.29, 0.717) is 0 Å². The Morgan fingerprint density at radius 3 is 2.65 bits per heavy atom. The van der Waals surface area contributed by atoms with Crippen molar-refractivity contribution in [2.75, 3.05) is 20.3 Å². The molecule has 2 amide bonds. The molecule has 0 saturated carbocycles. The first-order chi connectivity index (χ1) is 9.67. The summed E-state index contributed by atoms with van der Waals surface area (Å²) in [7, 11) is 1.35. The van der Waals surface area contributed by atoms with Crippen molar-refractivity contribution in [1.82, 2.24) is 10.4 Å². The highest BCUT2D eigenvalue weighted by molar-refractivity contribution is 5.94. The number of hydrazine groups is 1. The van der Waals surface area contributed by atoms with Gasteiger partial charge in [-0.05, 0) is 11.6 Å². The third-order valence-corrected chi connectivity index (χ3v) is 2.24. The summed E-state index contributed by atoms with van der Waals surface area (Å²) in [6, 6.07) is 9.17. The van der Waals surface area contributed by atoms with Crippen LogP contribution >= 0.6 is 0 Å². The van der Waals surface area contributed by atoms with Gasteiger partial charge in [-0.3, -0.25) is 19.8 Å². The van der Waals surface area contributed by atoms with Gasteiger partial charge in [-0.1, -0.05) is 30.3 Å². The molecule has 0 aromatic heterocycles. The maximum atomic E-state index is 11.9. The number of methoxy groups -OCH3 is 1. The van der Waals surface area contributed by atoms with Gasteiger partial charge in [0.25, 0.3) is 11.8 Å². The largest absolute Gasteiger partial charge is 0.375 e. The van der Waals surface area contributed by atoms with Crippen LogP contribution in [0.15, 0.2) is 36.4 Å². The quantitative estimate of drug-likeness (QED) is 0.599. The fourth-order valence-corrected chi connectivity index (χ4v) is 1.37. The number of nitrogens with zero attached hydrogens (tertiary/aromatic N) is 1. The number of hydrogen-bond donors (Lipinski definition) is 1. The van der Waals surface area contributed by atoms with Gasteiger partial charge in [0.15, 0.2) is 0 Å². The van der Waals surface area contributed by atoms with Gasteiger partial charge < -0.3 is 4.74 Å². The van der Waals surface area contributed by atoms with Gasteiger partial charge in [-0.25, -0.2) is 5.01 Å². The average Bonchev–Trinajstić information content (AvgIpc) is 2.45. The first-order valence-electron chi connectivity index (χ1n) is 5.85. The van der Waals surface area contributed by atoms with Crippen LogP contribution in [-0.4, -0.2) is 43.4 Å². The molecule has 0 bridgehead atoms. The lowest BCUT2D eigenvalue weighted by Crippen LogP contribution is -2.47. The Balaban J connectivity index is 2.66. The molecular formula is C14H15N2O4. The highest BCUT2D eigenvalue weighted by Gasteiger charge is 2.13. The predicted octanol–water partition coefficient (Wildman–Crippen LogP) is 0.316. The van der Waals surface area contributed by atoms with Crippen molar-refractivity contribution in [2.45, 2.75) is 0 Å². The smallest absolute Gasteiger partial charge is 0.265 e. The maximum Gasteiger partial charge on any atom is 0.265 e. The van der Waals surface area contributed by atoms with Crippen molar-refractivity contribution < 1.29 is 19.1 Å². The second-order valence-corrected chi connectivity index (χ2v) is 3.78. The molecule has 0 aliphatic rings. The molecule has 1 aromatic carbocycles. The van der Waals surface area contributed by atoms with E-state index >= 15 is 0 Å². The van der Waals surface area contributed by atoms with Gasteiger partial charge in [0.2, 0.25) is 6.29 Å². The molecule has 0 spiro atoms. The van der Waals surface area contributed by atoms with Gasteiger partial charge in [0.05, 0.1) is 0 Å². The molecule has 20 heavy (non-hydrogen) atoms. The third kappa shape index (κ3) is 5.45. The van der Waals surface area contributed by atoms with Crippen LogP contribution < -0.4 is 5.43 Å². The van der Waals surface area contributed by atoms with Crippen molar-refractivity contribution in [2.24, 2.45) is 0 Å². The molecule has 105 valence electrons. The minimum Gasteiger partial charge on any atom is -0.375 e. The van der Waals surface area contributed by atoms with Gasteiger partial charge in [0.1, 0.15) is 13.2 Å². The van der Waals surface area contributed by atoms with Crippen molar-refractivity contribution in [3.8, 4) is 0 Å². The fourth-order valence-electron chi connectivity index (χ4n) is 1.37. The number of hydrogen-bond acceptors (Lipinski definition) is 4. The minimum absolute atomic E-state index is 0.203. The highest BCUT2D eigenvalue weighted by Crippen LogP contribution is 2.01. The molecular weight excluding hydrogens is 260 g/mol. The maximum absolute atomic E-state index is 11.9. The van der Waals surface area contributed by atoms with Gasteiger partial charge in [-0.2, -0.15) is 0 Å². The number of carbonyl (C=O) groups is 2. The molecule has 0 atom stereocenters. The normalized spacial score (nSPS) is 10.2. The first kappa shape index (κ1) is 15.6. The lowest BCUT2D eigenvalue weighted by atomic mass is 10.2. The van der Waals surface area contributed by atoms with Crippen molar-refractivity contribution in [3.63, 3.8) is 0 Å². The van der Waals surface area contributed by atoms with Crippen LogP contribution in [0, 0.1) is 0 Å². The highest BCUT2D eigenvalue weighted by atomic mass is 16.5. The summed E-state index contributed by atoms with van der Waals surface area (Å²) in [5.74, 6) is -1.05. The molecule has 1 rings (SSSR count). The summed E-state index contributed by atoms with van der Waals surface area (Å²) in [6.45, 7) is -0.557. The Kier molecular flexibility index (Phi) is 6.70. The van der Waals surface area contributed by atoms with E-state index < -0.39 is 11.8 Å². The number of carbonyl (C=O) groups excluding carboxylic acids is 3. The lowest BCUT2D eigenvalue weighted by Gasteiger charge is -2.18. The molecule has 6 nitrogen and oxygen atoms in total. The molecule has 0 heterocycles. The van der Waals surface area contributed by atoms with Crippen LogP contribution in [-0.2, 0) is 19.1 Å². The molecule has 0 aliphatic heterocycles. The van der Waals surface area contributed by atoms with E-state index in [1.807, 2.05) is 30.3 Å². The topological polar surface area (TPSA) is 75.7 Å². The minimum atomic E-state index is -0.526. The molecule has 1 aromatic rings. The monoisotopic (exact) mass is 275 g/mol. The number of amides is 2. The number of nitrogens with one attached hydrogen (secondary N) is 1. The Morgan fingerprint density at radius 1 is 1.35 bits per heavy atom. The molecule has 0 saturated heterocycles. The van der Waals surface area contributed by atoms with Crippen LogP contribution in [0.3, 0.4) is 0 Å². The Hall–Kier alpha value is -2.47. The Labute approximate surface area is 117 Å². The summed E-state index contributed by atoms with van der Waals surface area (Å²) < 4.78 is 4.63. The molecule has 0 unspecified atom stereocenters. The van der Waals surface area contributed by atoms with Crippen LogP contribution in [0.1, 0.15) is 5.56 Å². The van der Waals surface area contributed by atoms with E-state index in [9.17, 15) is 14.4 Å². The van der Waals surface area contributed by atoms with E-state index in [1.165, 1.54) is 13.2 Å². The number of rotatable bonds is 6. The summed E-state index contributed by atoms with van der Waals surface area (Å²) in [4.78, 5) is 33.6. The number of benzene rings is 1. The van der Waals surface area contributed by atoms with Crippen molar-refractivity contribution in [1.29, 1.82) is 0 Å². The van der Waals surface area contributed by atoms with Crippen LogP contribution in [0.4, 0.5) is 0 Å². The van der Waals surface area contributed by atoms with Crippen LogP contribution in [0.25, 0.3) is 6.08 Å². The van der Waals surface area contributed by atoms with Crippen LogP contribution in [0.5, 0.6) is 0 Å². The standard InChI is InChI=1S/C14H15N2O4/c1-20-11-13(18)15-16(9-10-17)14(19)8-7-12-5-3-2-4-6-12/h2-8H,9,11H2,1H3,(H,15,18). The zero-order valence-corrected chi connectivity index (χ0v) is 11.0. The van der Waals surface area contributed by atoms with Gasteiger partial charge in [0, 0.05) is 13.2 Å². The second kappa shape index (κ2) is 8.60. The summed E-state index contributed by atoms with van der Waals surface area (Å²) >= 11 is 0. The Morgan fingerprint density at radius 2 is 2.05 bits per heavy atom. The summed E-state index contributed by atoms with van der Waals surface area (Å²) in [6.07, 6.45) is 4.41. The van der Waals surface area contributed by atoms with E-state index in [4.69, 9.17) is 0 Å². The fraction of sp³-hybridized carbons (Fsp3) is 0.214. The van der Waals surface area contributed by atoms with Crippen molar-refractivity contribution in [3.05, 3.63) is 42.0 Å². The summed E-state index contributed by atoms with van der Waals surface area (Å²) in [5.41, 5.74) is 3.09. The van der Waals surface area contributed by atoms with Gasteiger partial charge >= 0.3 is 0 Å². The van der Waals surface area contributed by atoms with E-state index in [0.717, 1.165) is 10.6 Å². The van der Waals surface area contributed by atoms with Gasteiger partial charge in [-0.15, -0.1) is 0 Å². The molecule has 6 heteroatoms. The first-order valence-corrected chi connectivity index (χ1v) is 5.85. The molecule has 1 radical (unpaired) electrons. The average molecular weight is 275 g/mol. The van der Waals surface area contributed by atoms with E-state index in [1.54, 1.807) is 12.4 Å². The van der Waals surface area contributed by atoms with E-state index in [-0.39, 0.29) is 13.2 Å². The zero-order valence-electron chi connectivity index (χ0n) is 11.0. The SMILES string of the molecule is COCC(=O)NN(C[C]=O)C(=O)C=Cc1ccccc1. The molecule has 0 aliphatic carbocycles. The number of ether oxygens (including phenoxy) is 1. The van der Waals surface area contributed by atoms with Crippen molar-refractivity contribution >= 4 is 24.2 Å². The molecule has 0 fully saturated rings. The summed E-state index contributed by atoms with van der Waals surface area (Å²) in [5, 5.41) is 0.869. The Bertz CT molecular complexity index is 485.